The Labute approximate surface area is 104 Å². The van der Waals surface area contributed by atoms with Crippen LogP contribution in [-0.2, 0) is 0 Å². The Balaban J connectivity index is 2.37. The predicted molar refractivity (Wildman–Crippen MR) is 67.4 cm³/mol. The summed E-state index contributed by atoms with van der Waals surface area (Å²) in [6.45, 7) is 7.52. The Morgan fingerprint density at radius 1 is 1.31 bits per heavy atom. The summed E-state index contributed by atoms with van der Waals surface area (Å²) >= 11 is 3.22. The molecule has 4 heteroatoms. The quantitative estimate of drug-likeness (QED) is 0.859. The standard InChI is InChI=1S/C12H17BrFNO/c1-12(2,3)15-4-5-16-11-7-9(13)6-10(14)8-11/h6-8,15H,4-5H2,1-3H3. The van der Waals surface area contributed by atoms with Crippen LogP contribution in [0.5, 0.6) is 5.75 Å². The Morgan fingerprint density at radius 3 is 2.56 bits per heavy atom. The normalized spacial score (nSPS) is 11.6. The van der Waals surface area contributed by atoms with Gasteiger partial charge in [-0.25, -0.2) is 4.39 Å². The van der Waals surface area contributed by atoms with Gasteiger partial charge < -0.3 is 10.1 Å². The molecule has 1 aromatic carbocycles. The molecule has 1 N–H and O–H groups in total. The van der Waals surface area contributed by atoms with Crippen LogP contribution >= 0.6 is 15.9 Å². The highest BCUT2D eigenvalue weighted by Crippen LogP contribution is 2.20. The zero-order chi connectivity index (χ0) is 12.2. The molecular formula is C12H17BrFNO. The molecule has 0 radical (unpaired) electrons. The van der Waals surface area contributed by atoms with E-state index in [9.17, 15) is 4.39 Å². The highest BCUT2D eigenvalue weighted by molar-refractivity contribution is 9.10. The summed E-state index contributed by atoms with van der Waals surface area (Å²) in [5, 5.41) is 3.29. The lowest BCUT2D eigenvalue weighted by Gasteiger charge is -2.20. The molecule has 0 amide bonds. The van der Waals surface area contributed by atoms with Gasteiger partial charge in [0.2, 0.25) is 0 Å². The third-order valence-electron chi connectivity index (χ3n) is 1.86. The van der Waals surface area contributed by atoms with Crippen LogP contribution in [0.4, 0.5) is 4.39 Å². The van der Waals surface area contributed by atoms with E-state index in [4.69, 9.17) is 4.74 Å². The molecule has 0 aliphatic rings. The van der Waals surface area contributed by atoms with Gasteiger partial charge >= 0.3 is 0 Å². The average Bonchev–Trinajstić information content (AvgIpc) is 2.09. The summed E-state index contributed by atoms with van der Waals surface area (Å²) in [7, 11) is 0. The third kappa shape index (κ3) is 5.47. The van der Waals surface area contributed by atoms with E-state index in [1.54, 1.807) is 6.07 Å². The lowest BCUT2D eigenvalue weighted by molar-refractivity contribution is 0.289. The summed E-state index contributed by atoms with van der Waals surface area (Å²) in [6, 6.07) is 4.53. The van der Waals surface area contributed by atoms with Crippen LogP contribution in [0.15, 0.2) is 22.7 Å². The molecule has 0 aromatic heterocycles. The lowest BCUT2D eigenvalue weighted by Crippen LogP contribution is -2.38. The van der Waals surface area contributed by atoms with E-state index in [1.807, 2.05) is 0 Å². The number of halogens is 2. The van der Waals surface area contributed by atoms with E-state index in [1.165, 1.54) is 12.1 Å². The first-order chi connectivity index (χ1) is 7.37. The first-order valence-electron chi connectivity index (χ1n) is 5.21. The van der Waals surface area contributed by atoms with E-state index in [2.05, 4.69) is 42.0 Å². The van der Waals surface area contributed by atoms with E-state index < -0.39 is 0 Å². The Kier molecular flexibility index (Phi) is 4.74. The molecule has 0 heterocycles. The van der Waals surface area contributed by atoms with Crippen LogP contribution in [0, 0.1) is 5.82 Å². The van der Waals surface area contributed by atoms with E-state index in [0.717, 1.165) is 6.54 Å². The fraction of sp³-hybridized carbons (Fsp3) is 0.500. The Morgan fingerprint density at radius 2 is 2.00 bits per heavy atom. The molecule has 16 heavy (non-hydrogen) atoms. The summed E-state index contributed by atoms with van der Waals surface area (Å²) in [6.07, 6.45) is 0. The smallest absolute Gasteiger partial charge is 0.128 e. The molecule has 0 spiro atoms. The van der Waals surface area contributed by atoms with Crippen molar-refractivity contribution in [3.05, 3.63) is 28.5 Å². The van der Waals surface area contributed by atoms with Crippen LogP contribution in [0.2, 0.25) is 0 Å². The fourth-order valence-electron chi connectivity index (χ4n) is 1.21. The summed E-state index contributed by atoms with van der Waals surface area (Å²) in [5.41, 5.74) is 0.0753. The van der Waals surface area contributed by atoms with Crippen molar-refractivity contribution in [2.75, 3.05) is 13.2 Å². The van der Waals surface area contributed by atoms with Crippen molar-refractivity contribution < 1.29 is 9.13 Å². The maximum atomic E-state index is 13.0. The number of benzene rings is 1. The molecule has 0 saturated heterocycles. The minimum atomic E-state index is -0.298. The van der Waals surface area contributed by atoms with Gasteiger partial charge in [0.15, 0.2) is 0 Å². The number of rotatable bonds is 4. The highest BCUT2D eigenvalue weighted by Gasteiger charge is 2.07. The molecule has 2 nitrogen and oxygen atoms in total. The van der Waals surface area contributed by atoms with E-state index >= 15 is 0 Å². The van der Waals surface area contributed by atoms with Crippen molar-refractivity contribution in [3.63, 3.8) is 0 Å². The molecule has 90 valence electrons. The van der Waals surface area contributed by atoms with Crippen molar-refractivity contribution in [3.8, 4) is 5.75 Å². The molecule has 1 aromatic rings. The van der Waals surface area contributed by atoms with Gasteiger partial charge in [0, 0.05) is 22.6 Å². The molecule has 0 fully saturated rings. The zero-order valence-electron chi connectivity index (χ0n) is 9.81. The molecule has 1 rings (SSSR count). The monoisotopic (exact) mass is 289 g/mol. The lowest BCUT2D eigenvalue weighted by atomic mass is 10.1. The van der Waals surface area contributed by atoms with Gasteiger partial charge in [-0.1, -0.05) is 15.9 Å². The van der Waals surface area contributed by atoms with Crippen LogP contribution in [0.3, 0.4) is 0 Å². The van der Waals surface area contributed by atoms with Gasteiger partial charge in [-0.3, -0.25) is 0 Å². The topological polar surface area (TPSA) is 21.3 Å². The predicted octanol–water partition coefficient (Wildman–Crippen LogP) is 3.36. The van der Waals surface area contributed by atoms with Gasteiger partial charge in [0.05, 0.1) is 0 Å². The number of hydrogen-bond acceptors (Lipinski definition) is 2. The Bertz CT molecular complexity index is 329. The van der Waals surface area contributed by atoms with Crippen molar-refractivity contribution in [2.45, 2.75) is 26.3 Å². The van der Waals surface area contributed by atoms with Crippen LogP contribution < -0.4 is 10.1 Å². The second kappa shape index (κ2) is 5.64. The molecule has 0 saturated carbocycles. The molecule has 0 aliphatic carbocycles. The van der Waals surface area contributed by atoms with Crippen LogP contribution in [-0.4, -0.2) is 18.7 Å². The molecule has 0 aliphatic heterocycles. The van der Waals surface area contributed by atoms with Gasteiger partial charge in [-0.15, -0.1) is 0 Å². The largest absolute Gasteiger partial charge is 0.492 e. The van der Waals surface area contributed by atoms with Gasteiger partial charge in [0.25, 0.3) is 0 Å². The maximum absolute atomic E-state index is 13.0. The molecular weight excluding hydrogens is 273 g/mol. The minimum absolute atomic E-state index is 0.0753. The number of ether oxygens (including phenoxy) is 1. The summed E-state index contributed by atoms with van der Waals surface area (Å²) in [5.74, 6) is 0.246. The van der Waals surface area contributed by atoms with Gasteiger partial charge in [-0.05, 0) is 32.9 Å². The van der Waals surface area contributed by atoms with Gasteiger partial charge in [0.1, 0.15) is 18.2 Å². The average molecular weight is 290 g/mol. The minimum Gasteiger partial charge on any atom is -0.492 e. The van der Waals surface area contributed by atoms with Crippen LogP contribution in [0.1, 0.15) is 20.8 Å². The second-order valence-electron chi connectivity index (χ2n) is 4.63. The SMILES string of the molecule is CC(C)(C)NCCOc1cc(F)cc(Br)c1. The Hall–Kier alpha value is -0.610. The summed E-state index contributed by atoms with van der Waals surface area (Å²) in [4.78, 5) is 0. The molecule has 0 bridgehead atoms. The van der Waals surface area contributed by atoms with E-state index in [0.29, 0.717) is 16.8 Å². The fourth-order valence-corrected chi connectivity index (χ4v) is 1.65. The van der Waals surface area contributed by atoms with Crippen molar-refractivity contribution in [1.82, 2.24) is 5.32 Å². The second-order valence-corrected chi connectivity index (χ2v) is 5.55. The van der Waals surface area contributed by atoms with Crippen LogP contribution in [0.25, 0.3) is 0 Å². The first kappa shape index (κ1) is 13.5. The zero-order valence-corrected chi connectivity index (χ0v) is 11.4. The molecule has 0 unspecified atom stereocenters. The first-order valence-corrected chi connectivity index (χ1v) is 6.00. The number of nitrogens with one attached hydrogen (secondary N) is 1. The third-order valence-corrected chi connectivity index (χ3v) is 2.32. The van der Waals surface area contributed by atoms with Crippen molar-refractivity contribution in [2.24, 2.45) is 0 Å². The summed E-state index contributed by atoms with van der Waals surface area (Å²) < 4.78 is 19.1. The highest BCUT2D eigenvalue weighted by atomic mass is 79.9. The van der Waals surface area contributed by atoms with Crippen molar-refractivity contribution >= 4 is 15.9 Å². The number of hydrogen-bond donors (Lipinski definition) is 1. The van der Waals surface area contributed by atoms with Crippen molar-refractivity contribution in [1.29, 1.82) is 0 Å². The molecule has 0 atom stereocenters. The van der Waals surface area contributed by atoms with E-state index in [-0.39, 0.29) is 11.4 Å². The van der Waals surface area contributed by atoms with Gasteiger partial charge in [-0.2, -0.15) is 0 Å². The maximum Gasteiger partial charge on any atom is 0.128 e.